The quantitative estimate of drug-likeness (QED) is 0.106. The number of aliphatic hydroxyl groups is 2. The molecular formula is C40H30F8N6O4. The highest BCUT2D eigenvalue weighted by Gasteiger charge is 2.37. The zero-order valence-corrected chi connectivity index (χ0v) is 30.3. The Labute approximate surface area is 324 Å². The van der Waals surface area contributed by atoms with E-state index in [0.29, 0.717) is 22.1 Å². The average molecular weight is 811 g/mol. The minimum absolute atomic E-state index is 0.0246. The number of halogens is 8. The lowest BCUT2D eigenvalue weighted by atomic mass is 9.94. The van der Waals surface area contributed by atoms with Crippen molar-refractivity contribution in [2.24, 2.45) is 0 Å². The normalized spacial score (nSPS) is 13.8. The summed E-state index contributed by atoms with van der Waals surface area (Å²) in [6, 6.07) is 13.8. The number of hydrogen-bond donors (Lipinski definition) is 2. The first kappa shape index (κ1) is 42.6. The number of ketones is 2. The van der Waals surface area contributed by atoms with E-state index in [2.05, 4.69) is 19.7 Å². The molecule has 0 fully saturated rings. The van der Waals surface area contributed by atoms with Crippen LogP contribution in [0.5, 0.6) is 0 Å². The Morgan fingerprint density at radius 3 is 1.52 bits per heavy atom. The zero-order chi connectivity index (χ0) is 42.8. The summed E-state index contributed by atoms with van der Waals surface area (Å²) in [6.07, 6.45) is -7.69. The minimum Gasteiger partial charge on any atom is -0.380 e. The Balaban J connectivity index is 0.000000221. The molecule has 0 aliphatic heterocycles. The molecule has 10 nitrogen and oxygen atoms in total. The molecule has 2 N–H and O–H groups in total. The van der Waals surface area contributed by atoms with Crippen LogP contribution in [-0.2, 0) is 47.9 Å². The van der Waals surface area contributed by atoms with Crippen LogP contribution in [0.4, 0.5) is 46.5 Å². The number of benzene rings is 4. The largest absolute Gasteiger partial charge is 0.407 e. The van der Waals surface area contributed by atoms with E-state index < -0.39 is 82.1 Å². The molecule has 0 saturated carbocycles. The van der Waals surface area contributed by atoms with Crippen LogP contribution >= 0.6 is 0 Å². The first-order valence-electron chi connectivity index (χ1n) is 16.9. The molecule has 2 aromatic heterocycles. The fraction of sp³-hybridized carbons (Fsp3) is 0.250. The van der Waals surface area contributed by atoms with Crippen LogP contribution in [-0.4, -0.2) is 52.1 Å². The molecule has 58 heavy (non-hydrogen) atoms. The van der Waals surface area contributed by atoms with E-state index in [1.165, 1.54) is 84.2 Å². The van der Waals surface area contributed by atoms with Gasteiger partial charge in [-0.3, -0.25) is 9.59 Å². The molecule has 2 atom stereocenters. The summed E-state index contributed by atoms with van der Waals surface area (Å²) in [4.78, 5) is 38.9. The first-order valence-corrected chi connectivity index (χ1v) is 16.9. The lowest BCUT2D eigenvalue weighted by Crippen LogP contribution is -2.40. The maximum atomic E-state index is 13.5. The third-order valence-electron chi connectivity index (χ3n) is 9.03. The number of nitrogens with zero attached hydrogens (tertiary/aromatic N) is 6. The van der Waals surface area contributed by atoms with E-state index in [4.69, 9.17) is 13.1 Å². The highest BCUT2D eigenvalue weighted by molar-refractivity contribution is 5.89. The summed E-state index contributed by atoms with van der Waals surface area (Å²) < 4.78 is 108. The van der Waals surface area contributed by atoms with E-state index in [0.717, 1.165) is 24.3 Å². The minimum atomic E-state index is -4.73. The number of carbonyl (C=O) groups excluding carboxylic acids is 2. The fourth-order valence-corrected chi connectivity index (χ4v) is 5.95. The van der Waals surface area contributed by atoms with Crippen molar-refractivity contribution in [3.63, 3.8) is 0 Å². The van der Waals surface area contributed by atoms with Gasteiger partial charge in [0.15, 0.2) is 22.9 Å². The number of rotatable bonds is 10. The van der Waals surface area contributed by atoms with Crippen molar-refractivity contribution in [1.82, 2.24) is 19.1 Å². The topological polar surface area (TPSA) is 119 Å². The predicted octanol–water partition coefficient (Wildman–Crippen LogP) is 8.62. The van der Waals surface area contributed by atoms with Crippen LogP contribution < -0.4 is 0 Å². The van der Waals surface area contributed by atoms with Crippen LogP contribution in [0.25, 0.3) is 31.8 Å². The maximum absolute atomic E-state index is 13.5. The molecule has 6 aromatic rings. The SMILES string of the molecule is [C-]#[N+]c1ccc(CC(=O)[C@@](C)(O)Cn2cnc3cc(F)ccc32)cc1C(F)(F)F.[C-]#[N+]c1ccc(CC(=O)[C@@](C)(O)Cn2cnc3ccc(F)cc32)cc1C(F)(F)F. The number of imidazole rings is 2. The number of aromatic nitrogens is 4. The first-order chi connectivity index (χ1) is 27.0. The molecule has 4 aromatic carbocycles. The summed E-state index contributed by atoms with van der Waals surface area (Å²) in [5.74, 6) is -2.41. The Morgan fingerprint density at radius 2 is 1.05 bits per heavy atom. The highest BCUT2D eigenvalue weighted by atomic mass is 19.4. The van der Waals surface area contributed by atoms with Crippen molar-refractivity contribution in [2.45, 2.75) is 63.3 Å². The molecule has 0 spiro atoms. The standard InChI is InChI=1S/2C20H15F4N3O2/c1-19(29,10-27-11-26-16-9-13(21)4-6-17(16)27)18(28)8-12-3-5-15(25-2)14(7-12)20(22,23)24;1-19(29,10-27-11-26-16-6-4-13(21)9-17(16)27)18(28)8-12-3-5-15(25-2)14(7-12)20(22,23)24/h2*3-7,9,11,29H,8,10H2,1H3/t2*19-/m00/s1. The molecule has 0 aliphatic rings. The molecule has 18 heteroatoms. The number of Topliss-reactive ketones (excluding diaryl/α,β-unsaturated/α-hetero) is 2. The van der Waals surface area contributed by atoms with Gasteiger partial charge < -0.3 is 19.3 Å². The Kier molecular flexibility index (Phi) is 11.9. The number of alkyl halides is 6. The van der Waals surface area contributed by atoms with Crippen LogP contribution in [0.15, 0.2) is 85.5 Å². The third-order valence-corrected chi connectivity index (χ3v) is 9.03. The molecule has 0 bridgehead atoms. The van der Waals surface area contributed by atoms with Crippen molar-refractivity contribution >= 4 is 45.0 Å². The third kappa shape index (κ3) is 9.71. The summed E-state index contributed by atoms with van der Waals surface area (Å²) in [5.41, 5.74) is -5.46. The van der Waals surface area contributed by atoms with Gasteiger partial charge in [-0.25, -0.2) is 28.4 Å². The monoisotopic (exact) mass is 810 g/mol. The van der Waals surface area contributed by atoms with E-state index in [9.17, 15) is 54.9 Å². The highest BCUT2D eigenvalue weighted by Crippen LogP contribution is 2.38. The molecule has 0 radical (unpaired) electrons. The second kappa shape index (κ2) is 16.2. The van der Waals surface area contributed by atoms with Crippen LogP contribution in [0, 0.1) is 24.8 Å². The molecule has 0 amide bonds. The summed E-state index contributed by atoms with van der Waals surface area (Å²) in [7, 11) is 0. The summed E-state index contributed by atoms with van der Waals surface area (Å²) >= 11 is 0. The van der Waals surface area contributed by atoms with Gasteiger partial charge in [0.05, 0.1) is 72.1 Å². The number of fused-ring (bicyclic) bond motifs is 2. The van der Waals surface area contributed by atoms with E-state index in [1.807, 2.05) is 0 Å². The van der Waals surface area contributed by atoms with Gasteiger partial charge in [0.2, 0.25) is 0 Å². The van der Waals surface area contributed by atoms with Gasteiger partial charge in [0.25, 0.3) is 0 Å². The zero-order valence-electron chi connectivity index (χ0n) is 30.3. The van der Waals surface area contributed by atoms with Crippen LogP contribution in [0.3, 0.4) is 0 Å². The molecule has 300 valence electrons. The molecule has 6 rings (SSSR count). The van der Waals surface area contributed by atoms with Gasteiger partial charge in [-0.15, -0.1) is 0 Å². The molecular weight excluding hydrogens is 780 g/mol. The second-order valence-corrected chi connectivity index (χ2v) is 13.7. The second-order valence-electron chi connectivity index (χ2n) is 13.7. The van der Waals surface area contributed by atoms with E-state index >= 15 is 0 Å². The summed E-state index contributed by atoms with van der Waals surface area (Å²) in [5, 5.41) is 21.2. The van der Waals surface area contributed by atoms with Crippen LogP contribution in [0.1, 0.15) is 36.1 Å². The Morgan fingerprint density at radius 1 is 0.621 bits per heavy atom. The lowest BCUT2D eigenvalue weighted by Gasteiger charge is -2.23. The fourth-order valence-electron chi connectivity index (χ4n) is 5.95. The Hall–Kier alpha value is -6.50. The van der Waals surface area contributed by atoms with Crippen molar-refractivity contribution in [1.29, 1.82) is 0 Å². The van der Waals surface area contributed by atoms with Crippen molar-refractivity contribution < 1.29 is 54.9 Å². The molecule has 0 aliphatic carbocycles. The van der Waals surface area contributed by atoms with Crippen molar-refractivity contribution in [3.8, 4) is 0 Å². The van der Waals surface area contributed by atoms with Gasteiger partial charge >= 0.3 is 12.4 Å². The molecule has 0 saturated heterocycles. The number of hydrogen-bond acceptors (Lipinski definition) is 6. The van der Waals surface area contributed by atoms with Crippen LogP contribution in [0.2, 0.25) is 0 Å². The number of carbonyl (C=O) groups is 2. The summed E-state index contributed by atoms with van der Waals surface area (Å²) in [6.45, 7) is 15.7. The van der Waals surface area contributed by atoms with Gasteiger partial charge in [0, 0.05) is 18.9 Å². The van der Waals surface area contributed by atoms with Crippen molar-refractivity contribution in [3.05, 3.63) is 142 Å². The smallest absolute Gasteiger partial charge is 0.380 e. The van der Waals surface area contributed by atoms with E-state index in [1.54, 1.807) is 0 Å². The van der Waals surface area contributed by atoms with Gasteiger partial charge in [-0.2, -0.15) is 26.3 Å². The maximum Gasteiger partial charge on any atom is 0.407 e. The molecule has 0 unspecified atom stereocenters. The van der Waals surface area contributed by atoms with Gasteiger partial charge in [-0.1, -0.05) is 36.4 Å². The van der Waals surface area contributed by atoms with Gasteiger partial charge in [0.1, 0.15) is 22.8 Å². The molecule has 2 heterocycles. The lowest BCUT2D eigenvalue weighted by molar-refractivity contribution is -0.138. The van der Waals surface area contributed by atoms with E-state index in [-0.39, 0.29) is 24.2 Å². The predicted molar refractivity (Wildman–Crippen MR) is 193 cm³/mol. The van der Waals surface area contributed by atoms with Gasteiger partial charge in [-0.05, 0) is 55.3 Å². The van der Waals surface area contributed by atoms with Crippen molar-refractivity contribution in [2.75, 3.05) is 0 Å². The Bertz CT molecular complexity index is 2610. The average Bonchev–Trinajstić information content (AvgIpc) is 3.72.